The van der Waals surface area contributed by atoms with Crippen molar-refractivity contribution in [2.24, 2.45) is 0 Å². The number of alkyl halides is 3. The highest BCUT2D eigenvalue weighted by molar-refractivity contribution is 5.55. The molecule has 0 bridgehead atoms. The average molecular weight is 319 g/mol. The quantitative estimate of drug-likeness (QED) is 0.862. The molecule has 0 spiro atoms. The van der Waals surface area contributed by atoms with Gasteiger partial charge in [0.2, 0.25) is 11.7 Å². The Bertz CT molecular complexity index is 685. The molecule has 0 aliphatic carbocycles. The smallest absolute Gasteiger partial charge is 0.337 e. The molecule has 2 atom stereocenters. The van der Waals surface area contributed by atoms with E-state index in [2.05, 4.69) is 15.5 Å². The molecule has 1 aliphatic rings. The Morgan fingerprint density at radius 1 is 1.18 bits per heavy atom. The van der Waals surface area contributed by atoms with E-state index in [1.807, 2.05) is 0 Å². The summed E-state index contributed by atoms with van der Waals surface area (Å²) in [5.41, 5.74) is -0.0817. The molecule has 0 amide bonds. The molecule has 0 unspecified atom stereocenters. The zero-order chi connectivity index (χ0) is 15.9. The standard InChI is InChI=1S/C13H10F5N3O/c14-6-1-2-7(8(15)5-6)11-20-12(22-21-11)9-3-4-10(19-9)13(16,17)18/h1-2,5,9-10,19H,3-4H2/t9-,10+/m0/s1. The van der Waals surface area contributed by atoms with E-state index in [1.54, 1.807) is 0 Å². The van der Waals surface area contributed by atoms with E-state index in [0.717, 1.165) is 12.1 Å². The van der Waals surface area contributed by atoms with Gasteiger partial charge in [0.1, 0.15) is 17.7 Å². The van der Waals surface area contributed by atoms with E-state index >= 15 is 0 Å². The SMILES string of the molecule is Fc1ccc(-c2noc([C@@H]3CC[C@H](C(F)(F)F)N3)n2)c(F)c1. The number of aromatic nitrogens is 2. The van der Waals surface area contributed by atoms with E-state index in [9.17, 15) is 22.0 Å². The van der Waals surface area contributed by atoms with Crippen molar-refractivity contribution in [3.8, 4) is 11.4 Å². The first-order valence-corrected chi connectivity index (χ1v) is 6.46. The van der Waals surface area contributed by atoms with Crippen LogP contribution in [0.25, 0.3) is 11.4 Å². The Morgan fingerprint density at radius 3 is 2.59 bits per heavy atom. The predicted molar refractivity (Wildman–Crippen MR) is 64.6 cm³/mol. The van der Waals surface area contributed by atoms with Crippen molar-refractivity contribution >= 4 is 0 Å². The van der Waals surface area contributed by atoms with Crippen LogP contribution in [0.1, 0.15) is 24.8 Å². The third-order valence-electron chi connectivity index (χ3n) is 3.45. The Kier molecular flexibility index (Phi) is 3.59. The van der Waals surface area contributed by atoms with Gasteiger partial charge in [0.15, 0.2) is 0 Å². The number of nitrogens with one attached hydrogen (secondary N) is 1. The van der Waals surface area contributed by atoms with Crippen LogP contribution in [-0.4, -0.2) is 22.4 Å². The number of hydrogen-bond donors (Lipinski definition) is 1. The van der Waals surface area contributed by atoms with Gasteiger partial charge >= 0.3 is 6.18 Å². The van der Waals surface area contributed by atoms with Gasteiger partial charge in [-0.1, -0.05) is 5.16 Å². The van der Waals surface area contributed by atoms with Crippen molar-refractivity contribution in [3.05, 3.63) is 35.7 Å². The summed E-state index contributed by atoms with van der Waals surface area (Å²) in [5, 5.41) is 5.90. The number of rotatable bonds is 2. The summed E-state index contributed by atoms with van der Waals surface area (Å²) < 4.78 is 69.2. The summed E-state index contributed by atoms with van der Waals surface area (Å²) >= 11 is 0. The van der Waals surface area contributed by atoms with Crippen molar-refractivity contribution in [1.82, 2.24) is 15.5 Å². The molecule has 1 aliphatic heterocycles. The summed E-state index contributed by atoms with van der Waals surface area (Å²) in [4.78, 5) is 3.90. The molecule has 4 nitrogen and oxygen atoms in total. The van der Waals surface area contributed by atoms with Crippen molar-refractivity contribution in [2.75, 3.05) is 0 Å². The van der Waals surface area contributed by atoms with Gasteiger partial charge < -0.3 is 4.52 Å². The van der Waals surface area contributed by atoms with Crippen molar-refractivity contribution in [1.29, 1.82) is 0 Å². The summed E-state index contributed by atoms with van der Waals surface area (Å²) in [7, 11) is 0. The summed E-state index contributed by atoms with van der Waals surface area (Å²) in [6, 6.07) is 0.465. The maximum atomic E-state index is 13.6. The van der Waals surface area contributed by atoms with Gasteiger partial charge in [0.25, 0.3) is 0 Å². The van der Waals surface area contributed by atoms with Gasteiger partial charge in [-0.05, 0) is 25.0 Å². The molecule has 22 heavy (non-hydrogen) atoms. The molecule has 1 fully saturated rings. The minimum Gasteiger partial charge on any atom is -0.337 e. The van der Waals surface area contributed by atoms with Crippen molar-refractivity contribution in [2.45, 2.75) is 31.1 Å². The predicted octanol–water partition coefficient (Wildman–Crippen LogP) is 3.37. The first kappa shape index (κ1) is 14.9. The Balaban J connectivity index is 1.80. The lowest BCUT2D eigenvalue weighted by Gasteiger charge is -2.15. The average Bonchev–Trinajstić information content (AvgIpc) is 3.06. The van der Waals surface area contributed by atoms with Crippen LogP contribution >= 0.6 is 0 Å². The number of hydrogen-bond acceptors (Lipinski definition) is 4. The fourth-order valence-electron chi connectivity index (χ4n) is 2.35. The Labute approximate surface area is 121 Å². The molecule has 3 rings (SSSR count). The molecule has 0 saturated carbocycles. The maximum absolute atomic E-state index is 13.6. The van der Waals surface area contributed by atoms with E-state index in [-0.39, 0.29) is 30.1 Å². The first-order valence-electron chi connectivity index (χ1n) is 6.46. The highest BCUT2D eigenvalue weighted by Crippen LogP contribution is 2.34. The lowest BCUT2D eigenvalue weighted by molar-refractivity contribution is -0.152. The third-order valence-corrected chi connectivity index (χ3v) is 3.45. The highest BCUT2D eigenvalue weighted by Gasteiger charge is 2.45. The number of nitrogens with zero attached hydrogens (tertiary/aromatic N) is 2. The van der Waals surface area contributed by atoms with Crippen LogP contribution in [-0.2, 0) is 0 Å². The van der Waals surface area contributed by atoms with Gasteiger partial charge in [-0.25, -0.2) is 8.78 Å². The van der Waals surface area contributed by atoms with Crippen molar-refractivity contribution < 1.29 is 26.5 Å². The van der Waals surface area contributed by atoms with Gasteiger partial charge in [0, 0.05) is 6.07 Å². The highest BCUT2D eigenvalue weighted by atomic mass is 19.4. The van der Waals surface area contributed by atoms with Crippen LogP contribution in [0.3, 0.4) is 0 Å². The Morgan fingerprint density at radius 2 is 1.95 bits per heavy atom. The van der Waals surface area contributed by atoms with Crippen LogP contribution in [0.4, 0.5) is 22.0 Å². The van der Waals surface area contributed by atoms with Gasteiger partial charge in [-0.2, -0.15) is 18.2 Å². The molecular formula is C13H10F5N3O. The van der Waals surface area contributed by atoms with E-state index in [1.165, 1.54) is 0 Å². The van der Waals surface area contributed by atoms with E-state index in [4.69, 9.17) is 4.52 Å². The minimum atomic E-state index is -4.35. The second-order valence-electron chi connectivity index (χ2n) is 4.97. The van der Waals surface area contributed by atoms with E-state index < -0.39 is 29.9 Å². The van der Waals surface area contributed by atoms with Crippen molar-refractivity contribution in [3.63, 3.8) is 0 Å². The lowest BCUT2D eigenvalue weighted by atomic mass is 10.2. The van der Waals surface area contributed by atoms with Gasteiger partial charge in [0.05, 0.1) is 11.6 Å². The van der Waals surface area contributed by atoms with Crippen LogP contribution < -0.4 is 5.32 Å². The monoisotopic (exact) mass is 319 g/mol. The van der Waals surface area contributed by atoms with E-state index in [0.29, 0.717) is 6.07 Å². The van der Waals surface area contributed by atoms with Crippen LogP contribution in [0.15, 0.2) is 22.7 Å². The van der Waals surface area contributed by atoms with Crippen LogP contribution in [0.5, 0.6) is 0 Å². The Hall–Kier alpha value is -2.03. The molecule has 118 valence electrons. The summed E-state index contributed by atoms with van der Waals surface area (Å²) in [6.45, 7) is 0. The zero-order valence-corrected chi connectivity index (χ0v) is 11.0. The second kappa shape index (κ2) is 5.31. The molecule has 9 heteroatoms. The number of benzene rings is 1. The fourth-order valence-corrected chi connectivity index (χ4v) is 2.35. The van der Waals surface area contributed by atoms with Gasteiger partial charge in [-0.3, -0.25) is 5.32 Å². The fraction of sp³-hybridized carbons (Fsp3) is 0.385. The summed E-state index contributed by atoms with van der Waals surface area (Å²) in [5.74, 6) is -1.81. The third kappa shape index (κ3) is 2.80. The topological polar surface area (TPSA) is 51.0 Å². The zero-order valence-electron chi connectivity index (χ0n) is 11.0. The molecule has 2 aromatic rings. The maximum Gasteiger partial charge on any atom is 0.403 e. The molecule has 1 saturated heterocycles. The number of halogens is 5. The van der Waals surface area contributed by atoms with Crippen LogP contribution in [0.2, 0.25) is 0 Å². The van der Waals surface area contributed by atoms with Gasteiger partial charge in [-0.15, -0.1) is 0 Å². The molecule has 1 aromatic heterocycles. The molecule has 1 N–H and O–H groups in total. The lowest BCUT2D eigenvalue weighted by Crippen LogP contribution is -2.38. The largest absolute Gasteiger partial charge is 0.403 e. The first-order chi connectivity index (χ1) is 10.3. The minimum absolute atomic E-state index is 0.0505. The normalized spacial score (nSPS) is 22.2. The second-order valence-corrected chi connectivity index (χ2v) is 4.97. The molecular weight excluding hydrogens is 309 g/mol. The molecule has 0 radical (unpaired) electrons. The van der Waals surface area contributed by atoms with Crippen LogP contribution in [0, 0.1) is 11.6 Å². The molecule has 1 aromatic carbocycles. The molecule has 2 heterocycles. The summed E-state index contributed by atoms with van der Waals surface area (Å²) in [6.07, 6.45) is -4.27.